The van der Waals surface area contributed by atoms with Gasteiger partial charge in [0.15, 0.2) is 0 Å². The van der Waals surface area contributed by atoms with Crippen LogP contribution in [0, 0.1) is 0 Å². The molecule has 0 radical (unpaired) electrons. The van der Waals surface area contributed by atoms with Gasteiger partial charge in [-0.15, -0.1) is 24.8 Å². The van der Waals surface area contributed by atoms with Crippen LogP contribution in [0.25, 0.3) is 0 Å². The molecule has 1 unspecified atom stereocenters. The summed E-state index contributed by atoms with van der Waals surface area (Å²) in [6, 6.07) is 3.47. The number of hydrogen-bond donors (Lipinski definition) is 2. The Labute approximate surface area is 120 Å². The van der Waals surface area contributed by atoms with Crippen LogP contribution < -0.4 is 5.32 Å². The van der Waals surface area contributed by atoms with Gasteiger partial charge in [-0.25, -0.2) is 0 Å². The third kappa shape index (κ3) is 7.06. The highest BCUT2D eigenvalue weighted by molar-refractivity contribution is 6.31. The zero-order valence-electron chi connectivity index (χ0n) is 10.1. The number of hydrogen-bond acceptors (Lipinski definition) is 3. The lowest BCUT2D eigenvalue weighted by Crippen LogP contribution is -2.38. The van der Waals surface area contributed by atoms with Gasteiger partial charge in [-0.1, -0.05) is 11.6 Å². The molecule has 0 aromatic carbocycles. The Morgan fingerprint density at radius 1 is 1.41 bits per heavy atom. The standard InChI is InChI=1S/C11H17ClN2O.2ClH/c1-11(2,3)14-7-9(15)10-8(12)5-4-6-13-10;;/h4-6,9,14-15H,7H2,1-3H3;2*1H. The van der Waals surface area contributed by atoms with Crippen LogP contribution in [-0.4, -0.2) is 22.2 Å². The molecule has 0 spiro atoms. The molecule has 0 amide bonds. The van der Waals surface area contributed by atoms with Crippen molar-refractivity contribution in [3.63, 3.8) is 0 Å². The van der Waals surface area contributed by atoms with Crippen molar-refractivity contribution in [2.75, 3.05) is 6.54 Å². The second kappa shape index (κ2) is 8.11. The highest BCUT2D eigenvalue weighted by Gasteiger charge is 2.16. The largest absolute Gasteiger partial charge is 0.385 e. The minimum absolute atomic E-state index is 0. The molecule has 2 N–H and O–H groups in total. The first-order valence-electron chi connectivity index (χ1n) is 4.93. The van der Waals surface area contributed by atoms with Gasteiger partial charge < -0.3 is 10.4 Å². The van der Waals surface area contributed by atoms with Gasteiger partial charge in [0, 0.05) is 18.3 Å². The van der Waals surface area contributed by atoms with Crippen molar-refractivity contribution in [2.24, 2.45) is 0 Å². The highest BCUT2D eigenvalue weighted by atomic mass is 35.5. The number of rotatable bonds is 3. The Hall–Kier alpha value is -0.0600. The summed E-state index contributed by atoms with van der Waals surface area (Å²) in [5.74, 6) is 0. The van der Waals surface area contributed by atoms with Crippen LogP contribution in [0.1, 0.15) is 32.6 Å². The molecule has 6 heteroatoms. The van der Waals surface area contributed by atoms with Crippen molar-refractivity contribution in [3.8, 4) is 0 Å². The van der Waals surface area contributed by atoms with Crippen LogP contribution in [-0.2, 0) is 0 Å². The number of nitrogens with zero attached hydrogens (tertiary/aromatic N) is 1. The fourth-order valence-electron chi connectivity index (χ4n) is 1.14. The topological polar surface area (TPSA) is 45.1 Å². The summed E-state index contributed by atoms with van der Waals surface area (Å²) in [6.45, 7) is 6.57. The fourth-order valence-corrected chi connectivity index (χ4v) is 1.39. The van der Waals surface area contributed by atoms with Gasteiger partial charge in [0.1, 0.15) is 6.10 Å². The normalized spacial score (nSPS) is 12.3. The molecular weight excluding hydrogens is 282 g/mol. The molecule has 1 heterocycles. The predicted octanol–water partition coefficient (Wildman–Crippen LogP) is 3.00. The molecule has 1 aromatic heterocycles. The average molecular weight is 302 g/mol. The lowest BCUT2D eigenvalue weighted by Gasteiger charge is -2.22. The maximum absolute atomic E-state index is 9.86. The predicted molar refractivity (Wildman–Crippen MR) is 76.5 cm³/mol. The molecule has 17 heavy (non-hydrogen) atoms. The number of aliphatic hydroxyl groups excluding tert-OH is 1. The van der Waals surface area contributed by atoms with Gasteiger partial charge in [-0.3, -0.25) is 4.98 Å². The molecule has 1 rings (SSSR count). The Morgan fingerprint density at radius 2 is 2.00 bits per heavy atom. The van der Waals surface area contributed by atoms with E-state index in [0.29, 0.717) is 17.3 Å². The summed E-state index contributed by atoms with van der Waals surface area (Å²) < 4.78 is 0. The van der Waals surface area contributed by atoms with E-state index in [9.17, 15) is 5.11 Å². The first-order valence-corrected chi connectivity index (χ1v) is 5.31. The summed E-state index contributed by atoms with van der Waals surface area (Å²) in [5.41, 5.74) is 0.498. The van der Waals surface area contributed by atoms with Gasteiger partial charge in [0.2, 0.25) is 0 Å². The zero-order chi connectivity index (χ0) is 11.5. The third-order valence-electron chi connectivity index (χ3n) is 1.93. The first-order chi connectivity index (χ1) is 6.90. The van der Waals surface area contributed by atoms with Gasteiger partial charge in [0.25, 0.3) is 0 Å². The van der Waals surface area contributed by atoms with Crippen molar-refractivity contribution in [1.82, 2.24) is 10.3 Å². The number of pyridine rings is 1. The van der Waals surface area contributed by atoms with Crippen molar-refractivity contribution in [2.45, 2.75) is 32.4 Å². The second-order valence-corrected chi connectivity index (χ2v) is 4.92. The molecule has 0 saturated heterocycles. The summed E-state index contributed by atoms with van der Waals surface area (Å²) in [7, 11) is 0. The molecule has 100 valence electrons. The van der Waals surface area contributed by atoms with Crippen molar-refractivity contribution in [3.05, 3.63) is 29.0 Å². The molecule has 0 fully saturated rings. The molecule has 3 nitrogen and oxygen atoms in total. The first kappa shape index (κ1) is 19.3. The summed E-state index contributed by atoms with van der Waals surface area (Å²) >= 11 is 5.92. The average Bonchev–Trinajstić information content (AvgIpc) is 2.14. The van der Waals surface area contributed by atoms with E-state index in [1.807, 2.05) is 20.8 Å². The summed E-state index contributed by atoms with van der Waals surface area (Å²) in [4.78, 5) is 4.06. The van der Waals surface area contributed by atoms with E-state index < -0.39 is 6.10 Å². The molecule has 0 aliphatic carbocycles. The molecule has 0 aliphatic heterocycles. The number of halogens is 3. The zero-order valence-corrected chi connectivity index (χ0v) is 12.5. The smallest absolute Gasteiger partial charge is 0.110 e. The van der Waals surface area contributed by atoms with E-state index in [2.05, 4.69) is 10.3 Å². The van der Waals surface area contributed by atoms with Crippen LogP contribution in [0.2, 0.25) is 5.02 Å². The van der Waals surface area contributed by atoms with Crippen LogP contribution >= 0.6 is 36.4 Å². The van der Waals surface area contributed by atoms with E-state index in [4.69, 9.17) is 11.6 Å². The van der Waals surface area contributed by atoms with Gasteiger partial charge in [0.05, 0.1) is 10.7 Å². The van der Waals surface area contributed by atoms with Gasteiger partial charge in [-0.05, 0) is 32.9 Å². The summed E-state index contributed by atoms with van der Waals surface area (Å²) in [6.07, 6.45) is 0.958. The number of aliphatic hydroxyl groups is 1. The number of aromatic nitrogens is 1. The molecular formula is C11H19Cl3N2O. The maximum Gasteiger partial charge on any atom is 0.110 e. The molecule has 1 atom stereocenters. The minimum Gasteiger partial charge on any atom is -0.385 e. The fraction of sp³-hybridized carbons (Fsp3) is 0.545. The van der Waals surface area contributed by atoms with Crippen LogP contribution in [0.3, 0.4) is 0 Å². The Bertz CT molecular complexity index is 329. The number of β-amino-alcohol motifs (C(OH)–C–C–N with tert-alkyl or cyclic N) is 1. The summed E-state index contributed by atoms with van der Waals surface area (Å²) in [5, 5.41) is 13.6. The van der Waals surface area contributed by atoms with Crippen molar-refractivity contribution >= 4 is 36.4 Å². The lowest BCUT2D eigenvalue weighted by molar-refractivity contribution is 0.159. The van der Waals surface area contributed by atoms with E-state index in [0.717, 1.165) is 0 Å². The minimum atomic E-state index is -0.669. The highest BCUT2D eigenvalue weighted by Crippen LogP contribution is 2.19. The molecule has 0 aliphatic rings. The van der Waals surface area contributed by atoms with Crippen molar-refractivity contribution in [1.29, 1.82) is 0 Å². The Morgan fingerprint density at radius 3 is 2.47 bits per heavy atom. The van der Waals surface area contributed by atoms with E-state index in [1.54, 1.807) is 18.3 Å². The van der Waals surface area contributed by atoms with Crippen molar-refractivity contribution < 1.29 is 5.11 Å². The van der Waals surface area contributed by atoms with Crippen LogP contribution in [0.5, 0.6) is 0 Å². The lowest BCUT2D eigenvalue weighted by atomic mass is 10.1. The number of nitrogens with one attached hydrogen (secondary N) is 1. The van der Waals surface area contributed by atoms with Crippen LogP contribution in [0.15, 0.2) is 18.3 Å². The Kier molecular flexibility index (Phi) is 9.20. The van der Waals surface area contributed by atoms with E-state index >= 15 is 0 Å². The second-order valence-electron chi connectivity index (χ2n) is 4.52. The third-order valence-corrected chi connectivity index (χ3v) is 2.25. The van der Waals surface area contributed by atoms with Gasteiger partial charge >= 0.3 is 0 Å². The maximum atomic E-state index is 9.86. The van der Waals surface area contributed by atoms with Crippen LogP contribution in [0.4, 0.5) is 0 Å². The SMILES string of the molecule is CC(C)(C)NCC(O)c1ncccc1Cl.Cl.Cl. The quantitative estimate of drug-likeness (QED) is 0.902. The van der Waals surface area contributed by atoms with E-state index in [1.165, 1.54) is 0 Å². The Balaban J connectivity index is 0. The molecule has 0 bridgehead atoms. The molecule has 0 saturated carbocycles. The van der Waals surface area contributed by atoms with Gasteiger partial charge in [-0.2, -0.15) is 0 Å². The molecule has 1 aromatic rings. The van der Waals surface area contributed by atoms with E-state index in [-0.39, 0.29) is 30.4 Å². The monoisotopic (exact) mass is 300 g/mol.